The monoisotopic (exact) mass is 302 g/mol. The van der Waals surface area contributed by atoms with Crippen LogP contribution in [0.1, 0.15) is 21.7 Å². The number of nitrogens with two attached hydrogens (primary N) is 1. The fourth-order valence-electron chi connectivity index (χ4n) is 1.77. The third-order valence-electron chi connectivity index (χ3n) is 2.75. The van der Waals surface area contributed by atoms with E-state index in [1.807, 2.05) is 0 Å². The first-order chi connectivity index (χ1) is 8.90. The number of hydrogen-bond acceptors (Lipinski definition) is 3. The van der Waals surface area contributed by atoms with E-state index in [-0.39, 0.29) is 12.4 Å². The summed E-state index contributed by atoms with van der Waals surface area (Å²) in [7, 11) is -2.81. The minimum Gasteiger partial charge on any atom is -0.363 e. The van der Waals surface area contributed by atoms with Gasteiger partial charge in [0.25, 0.3) is 14.1 Å². The van der Waals surface area contributed by atoms with E-state index in [0.717, 1.165) is 5.56 Å². The topological polar surface area (TPSA) is 121 Å². The highest BCUT2D eigenvalue weighted by Gasteiger charge is 2.15. The molecule has 0 saturated carbocycles. The van der Waals surface area contributed by atoms with Crippen molar-refractivity contribution in [3.63, 3.8) is 0 Å². The first kappa shape index (κ1) is 14.0. The fourth-order valence-corrected chi connectivity index (χ4v) is 2.33. The van der Waals surface area contributed by atoms with Crippen LogP contribution in [0.25, 0.3) is 11.0 Å². The average molecular weight is 303 g/mol. The van der Waals surface area contributed by atoms with E-state index in [9.17, 15) is 9.36 Å². The van der Waals surface area contributed by atoms with Gasteiger partial charge in [0.1, 0.15) is 0 Å². The highest BCUT2D eigenvalue weighted by molar-refractivity contribution is 7.35. The summed E-state index contributed by atoms with van der Waals surface area (Å²) in [4.78, 5) is 26.8. The molecule has 2 rings (SSSR count). The lowest BCUT2D eigenvalue weighted by Gasteiger charge is -2.08. The molecule has 0 spiro atoms. The summed E-state index contributed by atoms with van der Waals surface area (Å²) in [5.41, 5.74) is 7.60. The summed E-state index contributed by atoms with van der Waals surface area (Å²) in [6.45, 7) is 1.90. The predicted octanol–water partition coefficient (Wildman–Crippen LogP) is 1.10. The molecule has 0 aliphatic heterocycles. The van der Waals surface area contributed by atoms with Crippen LogP contribution in [-0.4, -0.2) is 20.8 Å². The van der Waals surface area contributed by atoms with Gasteiger partial charge in [0.15, 0.2) is 5.82 Å². The quantitative estimate of drug-likeness (QED) is 0.630. The maximum atomic E-state index is 11.1. The Bertz CT molecular complexity index is 685. The predicted molar refractivity (Wildman–Crippen MR) is 72.4 cm³/mol. The third-order valence-corrected chi connectivity index (χ3v) is 3.62. The smallest absolute Gasteiger partial charge is 0.284 e. The van der Waals surface area contributed by atoms with Crippen LogP contribution in [0.3, 0.4) is 0 Å². The minimum absolute atomic E-state index is 0.0227. The number of nitrogens with one attached hydrogen (secondary N) is 2. The number of primary amides is 1. The molecule has 9 heteroatoms. The van der Waals surface area contributed by atoms with Crippen LogP contribution < -0.4 is 10.8 Å². The Morgan fingerprint density at radius 1 is 1.68 bits per heavy atom. The molecule has 0 aliphatic carbocycles. The Morgan fingerprint density at radius 2 is 2.37 bits per heavy atom. The highest BCUT2D eigenvalue weighted by Crippen LogP contribution is 2.28. The van der Waals surface area contributed by atoms with Crippen molar-refractivity contribution in [3.8, 4) is 0 Å². The number of aromatic amines is 1. The zero-order valence-electron chi connectivity index (χ0n) is 9.95. The minimum atomic E-state index is -2.81. The van der Waals surface area contributed by atoms with Crippen molar-refractivity contribution in [2.45, 2.75) is 13.5 Å². The van der Waals surface area contributed by atoms with Crippen molar-refractivity contribution in [1.82, 2.24) is 15.1 Å². The maximum Gasteiger partial charge on any atom is 0.284 e. The van der Waals surface area contributed by atoms with Gasteiger partial charge in [-0.05, 0) is 24.1 Å². The summed E-state index contributed by atoms with van der Waals surface area (Å²) < 4.78 is 10.8. The van der Waals surface area contributed by atoms with Gasteiger partial charge in [-0.2, -0.15) is 0 Å². The SMILES string of the molecule is Cc1c(Cl)cc2[nH]c(C(N)=O)nc2c1CN[PH](=O)O. The summed E-state index contributed by atoms with van der Waals surface area (Å²) in [5, 5.41) is 2.91. The van der Waals surface area contributed by atoms with Gasteiger partial charge in [-0.25, -0.2) is 10.1 Å². The van der Waals surface area contributed by atoms with Crippen LogP contribution in [0, 0.1) is 6.92 Å². The van der Waals surface area contributed by atoms with Gasteiger partial charge in [0.2, 0.25) is 0 Å². The van der Waals surface area contributed by atoms with Gasteiger partial charge in [-0.15, -0.1) is 0 Å². The van der Waals surface area contributed by atoms with Crippen LogP contribution in [0.5, 0.6) is 0 Å². The Morgan fingerprint density at radius 3 is 2.95 bits per heavy atom. The molecule has 19 heavy (non-hydrogen) atoms. The first-order valence-electron chi connectivity index (χ1n) is 5.34. The molecule has 1 heterocycles. The fraction of sp³-hybridized carbons (Fsp3) is 0.200. The van der Waals surface area contributed by atoms with Crippen LogP contribution in [0.2, 0.25) is 5.02 Å². The van der Waals surface area contributed by atoms with Gasteiger partial charge >= 0.3 is 0 Å². The van der Waals surface area contributed by atoms with Crippen molar-refractivity contribution in [2.75, 3.05) is 0 Å². The molecule has 0 saturated heterocycles. The van der Waals surface area contributed by atoms with Gasteiger partial charge in [0, 0.05) is 11.6 Å². The van der Waals surface area contributed by atoms with E-state index >= 15 is 0 Å². The summed E-state index contributed by atoms with van der Waals surface area (Å²) >= 11 is 6.07. The number of imidazole rings is 1. The second-order valence-corrected chi connectivity index (χ2v) is 5.34. The molecule has 0 radical (unpaired) electrons. The lowest BCUT2D eigenvalue weighted by Crippen LogP contribution is -2.12. The molecule has 1 unspecified atom stereocenters. The molecule has 2 aromatic rings. The van der Waals surface area contributed by atoms with Crippen molar-refractivity contribution < 1.29 is 14.3 Å². The van der Waals surface area contributed by atoms with E-state index in [0.29, 0.717) is 21.6 Å². The number of carbonyl (C=O) groups is 1. The standard InChI is InChI=1S/C10H12ClN4O3P/c1-4-5(3-13-19(17)18)8-7(2-6(4)11)14-10(15-8)9(12)16/h2,19H,3H2,1H3,(H2,12,16)(H,14,15)(H2,13,17,18). The Kier molecular flexibility index (Phi) is 3.91. The van der Waals surface area contributed by atoms with Crippen molar-refractivity contribution in [1.29, 1.82) is 0 Å². The molecular formula is C10H12ClN4O3P. The number of hydrogen-bond donors (Lipinski definition) is 4. The second-order valence-electron chi connectivity index (χ2n) is 3.97. The van der Waals surface area contributed by atoms with Crippen LogP contribution >= 0.6 is 19.8 Å². The summed E-state index contributed by atoms with van der Waals surface area (Å²) in [6.07, 6.45) is 0. The third kappa shape index (κ3) is 2.79. The van der Waals surface area contributed by atoms with E-state index in [4.69, 9.17) is 22.2 Å². The number of benzene rings is 1. The average Bonchev–Trinajstić information content (AvgIpc) is 2.73. The second kappa shape index (κ2) is 5.30. The highest BCUT2D eigenvalue weighted by atomic mass is 35.5. The number of amides is 1. The first-order valence-corrected chi connectivity index (χ1v) is 7.07. The molecule has 5 N–H and O–H groups in total. The number of nitrogens with zero attached hydrogens (tertiary/aromatic N) is 1. The zero-order chi connectivity index (χ0) is 14.2. The molecule has 1 atom stereocenters. The van der Waals surface area contributed by atoms with Crippen LogP contribution in [-0.2, 0) is 11.1 Å². The normalized spacial score (nSPS) is 12.8. The van der Waals surface area contributed by atoms with Gasteiger partial charge in [-0.1, -0.05) is 11.6 Å². The Hall–Kier alpha value is -1.40. The molecule has 0 aliphatic rings. The molecule has 1 aromatic heterocycles. The van der Waals surface area contributed by atoms with Crippen molar-refractivity contribution >= 4 is 36.7 Å². The molecule has 1 amide bonds. The largest absolute Gasteiger partial charge is 0.363 e. The van der Waals surface area contributed by atoms with Gasteiger partial charge in [0.05, 0.1) is 11.0 Å². The number of halogens is 1. The number of aromatic nitrogens is 2. The molecule has 102 valence electrons. The van der Waals surface area contributed by atoms with Crippen molar-refractivity contribution in [2.24, 2.45) is 5.73 Å². The molecule has 0 bridgehead atoms. The molecule has 0 fully saturated rings. The lowest BCUT2D eigenvalue weighted by molar-refractivity contribution is 0.0991. The Labute approximate surface area is 114 Å². The van der Waals surface area contributed by atoms with Crippen LogP contribution in [0.15, 0.2) is 6.07 Å². The maximum absolute atomic E-state index is 11.1. The lowest BCUT2D eigenvalue weighted by atomic mass is 10.1. The number of rotatable bonds is 4. The van der Waals surface area contributed by atoms with E-state index in [2.05, 4.69) is 15.1 Å². The summed E-state index contributed by atoms with van der Waals surface area (Å²) in [5.74, 6) is -0.658. The van der Waals surface area contributed by atoms with E-state index in [1.54, 1.807) is 13.0 Å². The zero-order valence-corrected chi connectivity index (χ0v) is 11.7. The summed E-state index contributed by atoms with van der Waals surface area (Å²) in [6, 6.07) is 1.64. The molecule has 1 aromatic carbocycles. The molecular weight excluding hydrogens is 291 g/mol. The van der Waals surface area contributed by atoms with E-state index < -0.39 is 14.1 Å². The molecule has 7 nitrogen and oxygen atoms in total. The number of fused-ring (bicyclic) bond motifs is 1. The van der Waals surface area contributed by atoms with Crippen LogP contribution in [0.4, 0.5) is 0 Å². The Balaban J connectivity index is 2.60. The van der Waals surface area contributed by atoms with E-state index in [1.165, 1.54) is 0 Å². The number of H-pyrrole nitrogens is 1. The number of carbonyl (C=O) groups excluding carboxylic acids is 1. The van der Waals surface area contributed by atoms with Crippen molar-refractivity contribution in [3.05, 3.63) is 28.0 Å². The van der Waals surface area contributed by atoms with Gasteiger partial charge in [-0.3, -0.25) is 9.36 Å². The van der Waals surface area contributed by atoms with Gasteiger partial charge < -0.3 is 15.6 Å².